The number of aliphatic hydroxyl groups is 1. The summed E-state index contributed by atoms with van der Waals surface area (Å²) in [5, 5.41) is 20.1. The molecule has 0 amide bonds. The van der Waals surface area contributed by atoms with Crippen molar-refractivity contribution in [3.63, 3.8) is 0 Å². The number of fused-ring (bicyclic) bond motifs is 5. The van der Waals surface area contributed by atoms with Crippen molar-refractivity contribution < 1.29 is 5.11 Å². The van der Waals surface area contributed by atoms with Gasteiger partial charge in [-0.05, 0) is 110 Å². The number of nitrogens with one attached hydrogen (secondary N) is 1. The predicted octanol–water partition coefficient (Wildman–Crippen LogP) is 11.9. The highest BCUT2D eigenvalue weighted by molar-refractivity contribution is 5.65. The summed E-state index contributed by atoms with van der Waals surface area (Å²) in [6.07, 6.45) is 17.2. The molecule has 0 spiro atoms. The minimum atomic E-state index is 0.448. The van der Waals surface area contributed by atoms with Crippen LogP contribution < -0.4 is 5.32 Å². The van der Waals surface area contributed by atoms with E-state index in [4.69, 9.17) is 5.11 Å². The molecule has 0 aromatic heterocycles. The van der Waals surface area contributed by atoms with E-state index in [2.05, 4.69) is 77.7 Å². The van der Waals surface area contributed by atoms with E-state index in [1.165, 1.54) is 77.0 Å². The van der Waals surface area contributed by atoms with E-state index in [1.807, 2.05) is 33.8 Å². The molecular formula is C42H74N2O. The van der Waals surface area contributed by atoms with Crippen LogP contribution in [0, 0.1) is 57.7 Å². The Morgan fingerprint density at radius 2 is 1.53 bits per heavy atom. The molecule has 5 rings (SSSR count). The molecule has 45 heavy (non-hydrogen) atoms. The van der Waals surface area contributed by atoms with Crippen LogP contribution in [0.4, 0.5) is 0 Å². The number of aliphatic hydroxyl groups excluding tert-OH is 1. The van der Waals surface area contributed by atoms with E-state index >= 15 is 0 Å². The van der Waals surface area contributed by atoms with E-state index < -0.39 is 0 Å². The molecule has 4 aliphatic carbocycles. The van der Waals surface area contributed by atoms with Crippen LogP contribution in [0.2, 0.25) is 0 Å². The van der Waals surface area contributed by atoms with Crippen molar-refractivity contribution in [1.29, 1.82) is 5.26 Å². The molecule has 0 aliphatic heterocycles. The lowest BCUT2D eigenvalue weighted by atomic mass is 9.44. The molecule has 0 saturated heterocycles. The fourth-order valence-corrected chi connectivity index (χ4v) is 10.4. The maximum absolute atomic E-state index is 9.24. The van der Waals surface area contributed by atoms with E-state index in [0.717, 1.165) is 59.4 Å². The van der Waals surface area contributed by atoms with Crippen molar-refractivity contribution >= 4 is 5.70 Å². The largest absolute Gasteiger partial charge is 0.400 e. The van der Waals surface area contributed by atoms with Crippen LogP contribution in [-0.2, 0) is 6.42 Å². The van der Waals surface area contributed by atoms with Crippen molar-refractivity contribution in [3.05, 3.63) is 42.0 Å². The fraction of sp³-hybridized carbons (Fsp3) is 0.786. The molecule has 1 aromatic rings. The first-order valence-corrected chi connectivity index (χ1v) is 19.1. The summed E-state index contributed by atoms with van der Waals surface area (Å²) in [4.78, 5) is 0. The highest BCUT2D eigenvalue weighted by Crippen LogP contribution is 2.68. The van der Waals surface area contributed by atoms with Gasteiger partial charge in [-0.25, -0.2) is 0 Å². The van der Waals surface area contributed by atoms with Crippen LogP contribution in [0.1, 0.15) is 157 Å². The molecule has 258 valence electrons. The molecule has 4 fully saturated rings. The molecule has 2 N–H and O–H groups in total. The maximum Gasteiger partial charge on any atom is 0.0669 e. The summed E-state index contributed by atoms with van der Waals surface area (Å²) in [5.41, 5.74) is 4.35. The van der Waals surface area contributed by atoms with Crippen molar-refractivity contribution in [3.8, 4) is 6.07 Å². The Hall–Kier alpha value is -1.79. The van der Waals surface area contributed by atoms with Crippen molar-refractivity contribution in [2.24, 2.45) is 46.3 Å². The van der Waals surface area contributed by atoms with Gasteiger partial charge in [0.05, 0.1) is 12.5 Å². The summed E-state index contributed by atoms with van der Waals surface area (Å²) in [7, 11) is 1.00. The first-order chi connectivity index (χ1) is 21.7. The van der Waals surface area contributed by atoms with Gasteiger partial charge in [0.2, 0.25) is 0 Å². The first kappa shape index (κ1) is 41.2. The molecule has 0 heterocycles. The number of benzene rings is 1. The van der Waals surface area contributed by atoms with E-state index in [9.17, 15) is 5.26 Å². The average Bonchev–Trinajstić information content (AvgIpc) is 3.42. The second-order valence-electron chi connectivity index (χ2n) is 14.4. The van der Waals surface area contributed by atoms with Gasteiger partial charge in [-0.15, -0.1) is 0 Å². The van der Waals surface area contributed by atoms with Gasteiger partial charge in [0.25, 0.3) is 0 Å². The van der Waals surface area contributed by atoms with Crippen LogP contribution >= 0.6 is 0 Å². The van der Waals surface area contributed by atoms with Crippen LogP contribution in [0.25, 0.3) is 5.70 Å². The highest BCUT2D eigenvalue weighted by atomic mass is 16.2. The molecule has 3 heteroatoms. The minimum Gasteiger partial charge on any atom is -0.400 e. The lowest BCUT2D eigenvalue weighted by Crippen LogP contribution is -2.55. The van der Waals surface area contributed by atoms with Gasteiger partial charge in [0, 0.05) is 24.4 Å². The Balaban J connectivity index is 0.00000103. The van der Waals surface area contributed by atoms with Gasteiger partial charge >= 0.3 is 0 Å². The zero-order valence-corrected chi connectivity index (χ0v) is 31.6. The molecule has 9 atom stereocenters. The summed E-state index contributed by atoms with van der Waals surface area (Å²) in [5.74, 6) is 5.60. The highest BCUT2D eigenvalue weighted by Gasteiger charge is 2.60. The van der Waals surface area contributed by atoms with Gasteiger partial charge in [0.1, 0.15) is 0 Å². The smallest absolute Gasteiger partial charge is 0.0669 e. The fourth-order valence-electron chi connectivity index (χ4n) is 10.4. The van der Waals surface area contributed by atoms with Crippen molar-refractivity contribution in [2.45, 2.75) is 159 Å². The van der Waals surface area contributed by atoms with E-state index in [0.29, 0.717) is 23.3 Å². The van der Waals surface area contributed by atoms with Gasteiger partial charge in [-0.3, -0.25) is 0 Å². The Morgan fingerprint density at radius 3 is 2.16 bits per heavy atom. The lowest BCUT2D eigenvalue weighted by Gasteiger charge is -2.61. The molecule has 9 unspecified atom stereocenters. The topological polar surface area (TPSA) is 56.0 Å². The van der Waals surface area contributed by atoms with Crippen LogP contribution in [-0.4, -0.2) is 18.3 Å². The molecule has 3 nitrogen and oxygen atoms in total. The van der Waals surface area contributed by atoms with E-state index in [-0.39, 0.29) is 0 Å². The summed E-state index contributed by atoms with van der Waals surface area (Å²) in [6.45, 7) is 27.0. The van der Waals surface area contributed by atoms with E-state index in [1.54, 1.807) is 0 Å². The third kappa shape index (κ3) is 9.40. The molecule has 4 saturated carbocycles. The molecule has 4 aliphatic rings. The van der Waals surface area contributed by atoms with Crippen molar-refractivity contribution in [1.82, 2.24) is 5.32 Å². The number of nitrogens with zero attached hydrogens (tertiary/aromatic N) is 1. The first-order valence-electron chi connectivity index (χ1n) is 19.1. The van der Waals surface area contributed by atoms with Gasteiger partial charge in [0.15, 0.2) is 0 Å². The third-order valence-corrected chi connectivity index (χ3v) is 12.2. The summed E-state index contributed by atoms with van der Waals surface area (Å²) < 4.78 is 0. The van der Waals surface area contributed by atoms with Crippen LogP contribution in [0.3, 0.4) is 0 Å². The predicted molar refractivity (Wildman–Crippen MR) is 198 cm³/mol. The third-order valence-electron chi connectivity index (χ3n) is 12.2. The Morgan fingerprint density at radius 1 is 0.933 bits per heavy atom. The number of hydrogen-bond acceptors (Lipinski definition) is 3. The molecular weight excluding hydrogens is 548 g/mol. The summed E-state index contributed by atoms with van der Waals surface area (Å²) in [6, 6.07) is 11.1. The van der Waals surface area contributed by atoms with Crippen molar-refractivity contribution in [2.75, 3.05) is 7.11 Å². The average molecular weight is 623 g/mol. The number of rotatable bonds is 7. The monoisotopic (exact) mass is 623 g/mol. The quantitative estimate of drug-likeness (QED) is 0.318. The minimum absolute atomic E-state index is 0.448. The van der Waals surface area contributed by atoms with Gasteiger partial charge in [-0.1, -0.05) is 119 Å². The Labute approximate surface area is 281 Å². The van der Waals surface area contributed by atoms with Gasteiger partial charge < -0.3 is 10.4 Å². The standard InChI is InChI=1S/C34H50N2.C3H8.2C2H6.CH4O/c1-6-9-23(2)30-14-15-31-29-13-12-26-22-27(16-19-33(26,4)32(29)17-20-34(30,31)5)36-24(3)28-11-8-7-10-25(28)18-21-35;1-3-2;3*1-2/h7-8,10-11,23,26-27,29-32,36H,3,6,9,12-20,22H2,1-2,4-5H3;3H2,1-2H3;2*1-2H3;2H,1H3. The normalized spacial score (nSPS) is 33.0. The number of hydrogen-bond donors (Lipinski definition) is 2. The molecule has 0 bridgehead atoms. The Kier molecular flexibility index (Phi) is 18.7. The SMILES string of the molecule is C=C(NC1CCC2(C)C(CCC3C2CCC2(C)C(C(C)CCC)CCC32)C1)c1ccccc1CC#N.CC.CC.CCC.CO. The number of nitriles is 1. The zero-order valence-electron chi connectivity index (χ0n) is 31.6. The van der Waals surface area contributed by atoms with Gasteiger partial charge in [-0.2, -0.15) is 5.26 Å². The summed E-state index contributed by atoms with van der Waals surface area (Å²) >= 11 is 0. The van der Waals surface area contributed by atoms with Crippen LogP contribution in [0.15, 0.2) is 30.8 Å². The second-order valence-corrected chi connectivity index (χ2v) is 14.4. The maximum atomic E-state index is 9.24. The molecule has 0 radical (unpaired) electrons. The molecule has 1 aromatic carbocycles. The van der Waals surface area contributed by atoms with Crippen LogP contribution in [0.5, 0.6) is 0 Å². The zero-order chi connectivity index (χ0) is 34.2. The second kappa shape index (κ2) is 20.4. The lowest BCUT2D eigenvalue weighted by molar-refractivity contribution is -0.117. The Bertz CT molecular complexity index is 1010.